The first-order valence-electron chi connectivity index (χ1n) is 5.32. The molecule has 0 aromatic heterocycles. The van der Waals surface area contributed by atoms with Gasteiger partial charge in [-0.3, -0.25) is 0 Å². The van der Waals surface area contributed by atoms with E-state index in [1.807, 2.05) is 24.3 Å². The fourth-order valence-corrected chi connectivity index (χ4v) is 1.78. The van der Waals surface area contributed by atoms with Gasteiger partial charge in [0.25, 0.3) is 0 Å². The van der Waals surface area contributed by atoms with Gasteiger partial charge in [0, 0.05) is 5.56 Å². The van der Waals surface area contributed by atoms with Gasteiger partial charge in [0.1, 0.15) is 0 Å². The second-order valence-corrected chi connectivity index (χ2v) is 3.87. The maximum Gasteiger partial charge on any atom is 0.207 e. The topological polar surface area (TPSA) is 44.5 Å². The molecule has 1 saturated heterocycles. The molecule has 3 heteroatoms. The van der Waals surface area contributed by atoms with E-state index in [1.165, 1.54) is 5.56 Å². The molecule has 0 bridgehead atoms. The summed E-state index contributed by atoms with van der Waals surface area (Å²) in [7, 11) is 0. The molecule has 82 valence electrons. The van der Waals surface area contributed by atoms with Crippen LogP contribution in [-0.4, -0.2) is 19.8 Å². The number of hydrogen-bond donors (Lipinski definition) is 1. The van der Waals surface area contributed by atoms with Crippen molar-refractivity contribution in [3.8, 4) is 0 Å². The Morgan fingerprint density at radius 2 is 1.80 bits per heavy atom. The summed E-state index contributed by atoms with van der Waals surface area (Å²) in [6.45, 7) is 3.84. The highest BCUT2D eigenvalue weighted by molar-refractivity contribution is 5.25. The Morgan fingerprint density at radius 1 is 1.20 bits per heavy atom. The first kappa shape index (κ1) is 10.6. The van der Waals surface area contributed by atoms with Gasteiger partial charge >= 0.3 is 0 Å². The van der Waals surface area contributed by atoms with Gasteiger partial charge in [0.15, 0.2) is 0 Å². The minimum Gasteiger partial charge on any atom is -0.345 e. The Bertz CT molecular complexity index is 315. The second kappa shape index (κ2) is 4.31. The molecule has 1 fully saturated rings. The van der Waals surface area contributed by atoms with Crippen LogP contribution in [0.2, 0.25) is 0 Å². The third kappa shape index (κ3) is 2.04. The monoisotopic (exact) mass is 207 g/mol. The van der Waals surface area contributed by atoms with E-state index in [0.29, 0.717) is 19.8 Å². The van der Waals surface area contributed by atoms with Crippen molar-refractivity contribution in [2.24, 2.45) is 5.73 Å². The van der Waals surface area contributed by atoms with Gasteiger partial charge in [0.05, 0.1) is 19.8 Å². The molecule has 1 aromatic rings. The fraction of sp³-hybridized carbons (Fsp3) is 0.500. The van der Waals surface area contributed by atoms with Crippen LogP contribution in [0.3, 0.4) is 0 Å². The predicted molar refractivity (Wildman–Crippen MR) is 58.4 cm³/mol. The Kier molecular flexibility index (Phi) is 3.05. The molecule has 1 aliphatic rings. The zero-order valence-electron chi connectivity index (χ0n) is 9.03. The molecule has 0 saturated carbocycles. The number of nitrogens with two attached hydrogens (primary N) is 1. The van der Waals surface area contributed by atoms with Crippen molar-refractivity contribution in [2.45, 2.75) is 19.1 Å². The van der Waals surface area contributed by atoms with E-state index >= 15 is 0 Å². The van der Waals surface area contributed by atoms with Gasteiger partial charge in [-0.15, -0.1) is 0 Å². The number of hydrogen-bond acceptors (Lipinski definition) is 3. The zero-order chi connectivity index (χ0) is 10.7. The second-order valence-electron chi connectivity index (χ2n) is 3.87. The molecular weight excluding hydrogens is 190 g/mol. The van der Waals surface area contributed by atoms with E-state index in [4.69, 9.17) is 15.2 Å². The molecule has 1 aliphatic heterocycles. The van der Waals surface area contributed by atoms with Crippen molar-refractivity contribution in [1.29, 1.82) is 0 Å². The van der Waals surface area contributed by atoms with Crippen molar-refractivity contribution in [1.82, 2.24) is 0 Å². The summed E-state index contributed by atoms with van der Waals surface area (Å²) in [5.74, 6) is -0.716. The molecule has 0 atom stereocenters. The van der Waals surface area contributed by atoms with E-state index in [9.17, 15) is 0 Å². The molecule has 15 heavy (non-hydrogen) atoms. The fourth-order valence-electron chi connectivity index (χ4n) is 1.78. The summed E-state index contributed by atoms with van der Waals surface area (Å²) in [5, 5.41) is 0. The van der Waals surface area contributed by atoms with Gasteiger partial charge in [0.2, 0.25) is 5.79 Å². The molecule has 2 N–H and O–H groups in total. The molecule has 0 aliphatic carbocycles. The predicted octanol–water partition coefficient (Wildman–Crippen LogP) is 1.54. The molecule has 1 aromatic carbocycles. The van der Waals surface area contributed by atoms with E-state index < -0.39 is 5.79 Å². The summed E-state index contributed by atoms with van der Waals surface area (Å²) >= 11 is 0. The van der Waals surface area contributed by atoms with Crippen LogP contribution >= 0.6 is 0 Å². The van der Waals surface area contributed by atoms with Gasteiger partial charge in [-0.2, -0.15) is 0 Å². The molecule has 0 amide bonds. The highest BCUT2D eigenvalue weighted by Gasteiger charge is 2.35. The molecule has 1 heterocycles. The molecule has 2 rings (SSSR count). The van der Waals surface area contributed by atoms with Crippen molar-refractivity contribution in [3.05, 3.63) is 35.4 Å². The first-order valence-corrected chi connectivity index (χ1v) is 5.32. The normalized spacial score (nSPS) is 20.1. The SMILES string of the molecule is Cc1ccc(C2(CN)OCCCO2)cc1. The lowest BCUT2D eigenvalue weighted by Gasteiger charge is -2.36. The number of benzene rings is 1. The summed E-state index contributed by atoms with van der Waals surface area (Å²) in [6.07, 6.45) is 0.938. The zero-order valence-corrected chi connectivity index (χ0v) is 9.03. The van der Waals surface area contributed by atoms with E-state index in [-0.39, 0.29) is 0 Å². The average Bonchev–Trinajstić information content (AvgIpc) is 2.31. The minimum absolute atomic E-state index is 0.357. The van der Waals surface area contributed by atoms with Gasteiger partial charge in [-0.05, 0) is 13.3 Å². The minimum atomic E-state index is -0.716. The Labute approximate surface area is 90.2 Å². The molecule has 0 spiro atoms. The summed E-state index contributed by atoms with van der Waals surface area (Å²) < 4.78 is 11.4. The van der Waals surface area contributed by atoms with E-state index in [2.05, 4.69) is 6.92 Å². The van der Waals surface area contributed by atoms with Crippen LogP contribution in [0.1, 0.15) is 17.5 Å². The van der Waals surface area contributed by atoms with Gasteiger partial charge in [-0.1, -0.05) is 29.8 Å². The van der Waals surface area contributed by atoms with Gasteiger partial charge in [-0.25, -0.2) is 0 Å². The van der Waals surface area contributed by atoms with Crippen LogP contribution in [0.4, 0.5) is 0 Å². The quantitative estimate of drug-likeness (QED) is 0.800. The first-order chi connectivity index (χ1) is 7.27. The van der Waals surface area contributed by atoms with Gasteiger partial charge < -0.3 is 15.2 Å². The maximum atomic E-state index is 5.76. The van der Waals surface area contributed by atoms with Crippen LogP contribution in [-0.2, 0) is 15.3 Å². The van der Waals surface area contributed by atoms with Crippen molar-refractivity contribution >= 4 is 0 Å². The number of aryl methyl sites for hydroxylation is 1. The molecule has 3 nitrogen and oxygen atoms in total. The maximum absolute atomic E-state index is 5.76. The summed E-state index contributed by atoms with van der Waals surface area (Å²) in [5.41, 5.74) is 7.99. The average molecular weight is 207 g/mol. The lowest BCUT2D eigenvalue weighted by atomic mass is 10.0. The third-order valence-electron chi connectivity index (χ3n) is 2.72. The molecule has 0 unspecified atom stereocenters. The summed E-state index contributed by atoms with van der Waals surface area (Å²) in [6, 6.07) is 8.14. The third-order valence-corrected chi connectivity index (χ3v) is 2.72. The lowest BCUT2D eigenvalue weighted by molar-refractivity contribution is -0.269. The smallest absolute Gasteiger partial charge is 0.207 e. The van der Waals surface area contributed by atoms with Crippen LogP contribution in [0.15, 0.2) is 24.3 Å². The highest BCUT2D eigenvalue weighted by atomic mass is 16.7. The Balaban J connectivity index is 2.28. The molecule has 0 radical (unpaired) electrons. The molecular formula is C12H17NO2. The van der Waals surface area contributed by atoms with Crippen LogP contribution in [0.25, 0.3) is 0 Å². The van der Waals surface area contributed by atoms with Crippen molar-refractivity contribution in [2.75, 3.05) is 19.8 Å². The largest absolute Gasteiger partial charge is 0.345 e. The van der Waals surface area contributed by atoms with E-state index in [1.54, 1.807) is 0 Å². The summed E-state index contributed by atoms with van der Waals surface area (Å²) in [4.78, 5) is 0. The number of rotatable bonds is 2. The van der Waals surface area contributed by atoms with Crippen LogP contribution in [0, 0.1) is 6.92 Å². The van der Waals surface area contributed by atoms with E-state index in [0.717, 1.165) is 12.0 Å². The highest BCUT2D eigenvalue weighted by Crippen LogP contribution is 2.29. The van der Waals surface area contributed by atoms with Crippen molar-refractivity contribution in [3.63, 3.8) is 0 Å². The van der Waals surface area contributed by atoms with Crippen LogP contribution < -0.4 is 5.73 Å². The standard InChI is InChI=1S/C12H17NO2/c1-10-3-5-11(6-4-10)12(9-13)14-7-2-8-15-12/h3-6H,2,7-9,13H2,1H3. The number of ether oxygens (including phenoxy) is 2. The Hall–Kier alpha value is -0.900. The van der Waals surface area contributed by atoms with Crippen LogP contribution in [0.5, 0.6) is 0 Å². The Morgan fingerprint density at radius 3 is 2.33 bits per heavy atom. The lowest BCUT2D eigenvalue weighted by Crippen LogP contribution is -2.44. The van der Waals surface area contributed by atoms with Crippen molar-refractivity contribution < 1.29 is 9.47 Å².